The smallest absolute Gasteiger partial charge is 0.337 e. The lowest BCUT2D eigenvalue weighted by molar-refractivity contribution is 0.0697. The Labute approximate surface area is 124 Å². The number of hydrogen-bond donors (Lipinski definition) is 2. The molecule has 0 radical (unpaired) electrons. The molecule has 1 aliphatic carbocycles. The van der Waals surface area contributed by atoms with Crippen molar-refractivity contribution in [3.8, 4) is 0 Å². The summed E-state index contributed by atoms with van der Waals surface area (Å²) in [5.74, 6) is 1.21. The Bertz CT molecular complexity index is 471. The van der Waals surface area contributed by atoms with Crippen molar-refractivity contribution >= 4 is 23.4 Å². The summed E-state index contributed by atoms with van der Waals surface area (Å²) < 4.78 is 0. The fourth-order valence-corrected chi connectivity index (χ4v) is 2.91. The van der Waals surface area contributed by atoms with Gasteiger partial charge in [0.05, 0.1) is 10.6 Å². The number of nitrogens with zero attached hydrogens (tertiary/aromatic N) is 1. The van der Waals surface area contributed by atoms with Gasteiger partial charge >= 0.3 is 5.97 Å². The molecule has 2 rings (SSSR count). The second kappa shape index (κ2) is 6.93. The van der Waals surface area contributed by atoms with Crippen LogP contribution in [0.5, 0.6) is 0 Å². The minimum absolute atomic E-state index is 0.0932. The van der Waals surface area contributed by atoms with E-state index in [0.717, 1.165) is 24.8 Å². The van der Waals surface area contributed by atoms with Crippen molar-refractivity contribution in [3.05, 3.63) is 22.8 Å². The molecule has 1 heterocycles. The van der Waals surface area contributed by atoms with Gasteiger partial charge in [-0.3, -0.25) is 0 Å². The highest BCUT2D eigenvalue weighted by atomic mass is 35.5. The molecule has 0 aliphatic heterocycles. The molecule has 0 bridgehead atoms. The molecular formula is C15H21ClN2O2. The zero-order chi connectivity index (χ0) is 14.5. The molecular weight excluding hydrogens is 276 g/mol. The number of aromatic carboxylic acids is 1. The van der Waals surface area contributed by atoms with Crippen LogP contribution in [-0.4, -0.2) is 22.6 Å². The third kappa shape index (κ3) is 4.10. The molecule has 20 heavy (non-hydrogen) atoms. The Morgan fingerprint density at radius 2 is 2.15 bits per heavy atom. The standard InChI is InChI=1S/C15H21ClN2O2/c1-10-2-4-11(5-3-10)6-7-17-14-8-12(15(19)20)13(16)9-18-14/h8-11H,2-7H2,1H3,(H,17,18)(H,19,20). The van der Waals surface area contributed by atoms with Crippen molar-refractivity contribution in [1.29, 1.82) is 0 Å². The molecule has 1 aliphatic rings. The summed E-state index contributed by atoms with van der Waals surface area (Å²) in [6.07, 6.45) is 7.75. The monoisotopic (exact) mass is 296 g/mol. The minimum Gasteiger partial charge on any atom is -0.478 e. The molecule has 0 aromatic carbocycles. The van der Waals surface area contributed by atoms with Crippen LogP contribution in [0, 0.1) is 11.8 Å². The number of hydrogen-bond acceptors (Lipinski definition) is 3. The fraction of sp³-hybridized carbons (Fsp3) is 0.600. The molecule has 0 spiro atoms. The predicted molar refractivity (Wildman–Crippen MR) is 80.4 cm³/mol. The molecule has 4 nitrogen and oxygen atoms in total. The summed E-state index contributed by atoms with van der Waals surface area (Å²) in [5.41, 5.74) is 0.0932. The normalized spacial score (nSPS) is 22.5. The molecule has 1 fully saturated rings. The highest BCUT2D eigenvalue weighted by molar-refractivity contribution is 6.33. The minimum atomic E-state index is -1.03. The van der Waals surface area contributed by atoms with Crippen LogP contribution in [0.1, 0.15) is 49.4 Å². The Hall–Kier alpha value is -1.29. The van der Waals surface area contributed by atoms with Gasteiger partial charge in [0, 0.05) is 12.7 Å². The van der Waals surface area contributed by atoms with E-state index in [1.54, 1.807) is 0 Å². The number of carboxylic acid groups (broad SMARTS) is 1. The van der Waals surface area contributed by atoms with Gasteiger partial charge < -0.3 is 10.4 Å². The summed E-state index contributed by atoms with van der Waals surface area (Å²) in [6, 6.07) is 1.49. The lowest BCUT2D eigenvalue weighted by atomic mass is 9.81. The lowest BCUT2D eigenvalue weighted by Crippen LogP contribution is -2.16. The number of halogens is 1. The second-order valence-electron chi connectivity index (χ2n) is 5.70. The number of rotatable bonds is 5. The summed E-state index contributed by atoms with van der Waals surface area (Å²) in [6.45, 7) is 3.15. The molecule has 0 atom stereocenters. The average Bonchev–Trinajstić information content (AvgIpc) is 2.42. The first-order valence-electron chi connectivity index (χ1n) is 7.19. The van der Waals surface area contributed by atoms with Crippen LogP contribution in [0.25, 0.3) is 0 Å². The van der Waals surface area contributed by atoms with Crippen LogP contribution in [-0.2, 0) is 0 Å². The number of anilines is 1. The van der Waals surface area contributed by atoms with E-state index in [4.69, 9.17) is 16.7 Å². The van der Waals surface area contributed by atoms with Gasteiger partial charge in [0.15, 0.2) is 0 Å². The van der Waals surface area contributed by atoms with Crippen LogP contribution in [0.3, 0.4) is 0 Å². The third-order valence-corrected chi connectivity index (χ3v) is 4.38. The quantitative estimate of drug-likeness (QED) is 0.860. The lowest BCUT2D eigenvalue weighted by Gasteiger charge is -2.26. The van der Waals surface area contributed by atoms with E-state index in [1.807, 2.05) is 0 Å². The van der Waals surface area contributed by atoms with Gasteiger partial charge in [0.1, 0.15) is 5.82 Å². The van der Waals surface area contributed by atoms with E-state index >= 15 is 0 Å². The van der Waals surface area contributed by atoms with E-state index in [0.29, 0.717) is 5.82 Å². The Morgan fingerprint density at radius 3 is 2.80 bits per heavy atom. The zero-order valence-electron chi connectivity index (χ0n) is 11.7. The van der Waals surface area contributed by atoms with E-state index in [1.165, 1.54) is 37.9 Å². The predicted octanol–water partition coefficient (Wildman–Crippen LogP) is 4.06. The summed E-state index contributed by atoms with van der Waals surface area (Å²) in [4.78, 5) is 15.1. The van der Waals surface area contributed by atoms with E-state index in [9.17, 15) is 4.79 Å². The van der Waals surface area contributed by atoms with Gasteiger partial charge in [-0.2, -0.15) is 0 Å². The van der Waals surface area contributed by atoms with Gasteiger partial charge in [-0.05, 0) is 24.3 Å². The Balaban J connectivity index is 1.82. The van der Waals surface area contributed by atoms with Crippen molar-refractivity contribution in [2.24, 2.45) is 11.8 Å². The van der Waals surface area contributed by atoms with Crippen LogP contribution < -0.4 is 5.32 Å². The molecule has 110 valence electrons. The van der Waals surface area contributed by atoms with Crippen LogP contribution >= 0.6 is 11.6 Å². The highest BCUT2D eigenvalue weighted by Crippen LogP contribution is 2.30. The topological polar surface area (TPSA) is 62.2 Å². The summed E-state index contributed by atoms with van der Waals surface area (Å²) in [7, 11) is 0. The van der Waals surface area contributed by atoms with Crippen LogP contribution in [0.15, 0.2) is 12.3 Å². The zero-order valence-corrected chi connectivity index (χ0v) is 12.5. The number of carbonyl (C=O) groups is 1. The van der Waals surface area contributed by atoms with Gasteiger partial charge in [-0.15, -0.1) is 0 Å². The number of carboxylic acids is 1. The van der Waals surface area contributed by atoms with E-state index < -0.39 is 5.97 Å². The maximum Gasteiger partial charge on any atom is 0.337 e. The van der Waals surface area contributed by atoms with Crippen LogP contribution in [0.2, 0.25) is 5.02 Å². The van der Waals surface area contributed by atoms with Crippen molar-refractivity contribution in [3.63, 3.8) is 0 Å². The van der Waals surface area contributed by atoms with Crippen molar-refractivity contribution < 1.29 is 9.90 Å². The van der Waals surface area contributed by atoms with E-state index in [2.05, 4.69) is 17.2 Å². The molecule has 2 N–H and O–H groups in total. The summed E-state index contributed by atoms with van der Waals surface area (Å²) >= 11 is 5.79. The largest absolute Gasteiger partial charge is 0.478 e. The van der Waals surface area contributed by atoms with Crippen molar-refractivity contribution in [2.75, 3.05) is 11.9 Å². The van der Waals surface area contributed by atoms with Gasteiger partial charge in [0.2, 0.25) is 0 Å². The maximum atomic E-state index is 11.0. The SMILES string of the molecule is CC1CCC(CCNc2cc(C(=O)O)c(Cl)cn2)CC1. The molecule has 0 saturated heterocycles. The molecule has 1 aromatic rings. The first-order valence-corrected chi connectivity index (χ1v) is 7.56. The van der Waals surface area contributed by atoms with Crippen LogP contribution in [0.4, 0.5) is 5.82 Å². The van der Waals surface area contributed by atoms with Crippen molar-refractivity contribution in [1.82, 2.24) is 4.98 Å². The average molecular weight is 297 g/mol. The first kappa shape index (κ1) is 15.1. The number of nitrogens with one attached hydrogen (secondary N) is 1. The summed E-state index contributed by atoms with van der Waals surface area (Å²) in [5, 5.41) is 12.4. The second-order valence-corrected chi connectivity index (χ2v) is 6.10. The number of pyridine rings is 1. The maximum absolute atomic E-state index is 11.0. The molecule has 0 unspecified atom stereocenters. The third-order valence-electron chi connectivity index (χ3n) is 4.08. The van der Waals surface area contributed by atoms with Gasteiger partial charge in [-0.25, -0.2) is 9.78 Å². The number of aromatic nitrogens is 1. The first-order chi connectivity index (χ1) is 9.56. The molecule has 1 saturated carbocycles. The fourth-order valence-electron chi connectivity index (χ4n) is 2.72. The van der Waals surface area contributed by atoms with E-state index in [-0.39, 0.29) is 10.6 Å². The van der Waals surface area contributed by atoms with Crippen molar-refractivity contribution in [2.45, 2.75) is 39.0 Å². The molecule has 1 aromatic heterocycles. The molecule has 0 amide bonds. The Kier molecular flexibility index (Phi) is 5.24. The van der Waals surface area contributed by atoms with Gasteiger partial charge in [0.25, 0.3) is 0 Å². The Morgan fingerprint density at radius 1 is 1.45 bits per heavy atom. The highest BCUT2D eigenvalue weighted by Gasteiger charge is 2.17. The molecule has 5 heteroatoms. The van der Waals surface area contributed by atoms with Gasteiger partial charge in [-0.1, -0.05) is 44.2 Å².